The van der Waals surface area contributed by atoms with Crippen molar-refractivity contribution in [1.82, 2.24) is 14.5 Å². The Balaban J connectivity index is 1.33. The van der Waals surface area contributed by atoms with Gasteiger partial charge in [0.2, 0.25) is 10.0 Å². The average molecular weight is 774 g/mol. The number of benzene rings is 3. The van der Waals surface area contributed by atoms with Crippen molar-refractivity contribution in [1.29, 1.82) is 0 Å². The summed E-state index contributed by atoms with van der Waals surface area (Å²) in [5, 5.41) is 0. The molecule has 3 aromatic carbocycles. The maximum Gasteiger partial charge on any atom is 0.241 e. The summed E-state index contributed by atoms with van der Waals surface area (Å²) in [6, 6.07) is 19.7. The van der Waals surface area contributed by atoms with Crippen molar-refractivity contribution in [3.63, 3.8) is 0 Å². The summed E-state index contributed by atoms with van der Waals surface area (Å²) in [5.74, 6) is 3.99. The number of thioether (sulfide) groups is 2. The van der Waals surface area contributed by atoms with Crippen molar-refractivity contribution in [2.24, 2.45) is 0 Å². The Kier molecular flexibility index (Phi) is 13.3. The van der Waals surface area contributed by atoms with Crippen LogP contribution in [0, 0.1) is 11.6 Å². The molecule has 3 heterocycles. The zero-order valence-electron chi connectivity index (χ0n) is 30.6. The molecule has 2 fully saturated rings. The lowest BCUT2D eigenvalue weighted by atomic mass is 9.70. The van der Waals surface area contributed by atoms with E-state index in [0.29, 0.717) is 22.0 Å². The highest BCUT2D eigenvalue weighted by Crippen LogP contribution is 2.47. The van der Waals surface area contributed by atoms with Crippen molar-refractivity contribution >= 4 is 44.9 Å². The molecule has 0 aromatic heterocycles. The lowest BCUT2D eigenvalue weighted by Gasteiger charge is -2.49. The number of nitrogens with one attached hydrogen (secondary N) is 1. The largest absolute Gasteiger partial charge is 0.496 e. The van der Waals surface area contributed by atoms with E-state index < -0.39 is 15.4 Å². The van der Waals surface area contributed by atoms with Gasteiger partial charge in [0, 0.05) is 93.5 Å². The first-order valence-corrected chi connectivity index (χ1v) is 22.3. The van der Waals surface area contributed by atoms with E-state index in [2.05, 4.69) is 38.2 Å². The van der Waals surface area contributed by atoms with E-state index in [0.717, 1.165) is 93.8 Å². The van der Waals surface area contributed by atoms with Gasteiger partial charge in [0.25, 0.3) is 0 Å². The van der Waals surface area contributed by atoms with Crippen LogP contribution in [0.15, 0.2) is 71.6 Å². The summed E-state index contributed by atoms with van der Waals surface area (Å²) in [4.78, 5) is 9.66. The van der Waals surface area contributed by atoms with E-state index in [1.54, 1.807) is 31.4 Å². The van der Waals surface area contributed by atoms with Gasteiger partial charge in [0.1, 0.15) is 17.4 Å². The number of para-hydroxylation sites is 2. The number of fused-ring (bicyclic) bond motifs is 1. The number of hydrogen-bond donors (Lipinski definition) is 1. The smallest absolute Gasteiger partial charge is 0.241 e. The molecule has 2 atom stereocenters. The Morgan fingerprint density at radius 1 is 0.731 bits per heavy atom. The number of piperazine rings is 2. The monoisotopic (exact) mass is 773 g/mol. The zero-order valence-corrected chi connectivity index (χ0v) is 33.1. The van der Waals surface area contributed by atoms with Crippen molar-refractivity contribution in [3.05, 3.63) is 83.9 Å². The van der Waals surface area contributed by atoms with Gasteiger partial charge < -0.3 is 14.5 Å². The Morgan fingerprint density at radius 2 is 1.21 bits per heavy atom. The third-order valence-electron chi connectivity index (χ3n) is 11.0. The summed E-state index contributed by atoms with van der Waals surface area (Å²) in [6.07, 6.45) is 1.50. The first kappa shape index (κ1) is 39.2. The second kappa shape index (κ2) is 17.7. The molecule has 2 saturated heterocycles. The number of methoxy groups -OCH3 is 1. The third kappa shape index (κ3) is 8.70. The van der Waals surface area contributed by atoms with Gasteiger partial charge in [-0.15, -0.1) is 0 Å². The van der Waals surface area contributed by atoms with Crippen LogP contribution in [0.25, 0.3) is 0 Å². The fourth-order valence-electron chi connectivity index (χ4n) is 8.33. The number of sulfonamides is 1. The zero-order chi connectivity index (χ0) is 36.7. The normalized spacial score (nSPS) is 22.2. The number of nitrogens with zero attached hydrogens (tertiary/aromatic N) is 4. The minimum Gasteiger partial charge on any atom is -0.496 e. The number of hydrogen-bond acceptors (Lipinski definition) is 9. The van der Waals surface area contributed by atoms with Gasteiger partial charge in [-0.05, 0) is 60.7 Å². The van der Waals surface area contributed by atoms with Crippen LogP contribution in [-0.2, 0) is 15.4 Å². The molecule has 0 saturated carbocycles. The highest BCUT2D eigenvalue weighted by atomic mass is 32.2. The van der Waals surface area contributed by atoms with E-state index >= 15 is 0 Å². The van der Waals surface area contributed by atoms with Crippen molar-refractivity contribution < 1.29 is 21.9 Å². The molecule has 0 bridgehead atoms. The maximum absolute atomic E-state index is 14.8. The van der Waals surface area contributed by atoms with Gasteiger partial charge in [-0.3, -0.25) is 9.80 Å². The van der Waals surface area contributed by atoms with E-state index in [4.69, 9.17) is 4.74 Å². The first-order valence-electron chi connectivity index (χ1n) is 18.5. The molecule has 13 heteroatoms. The van der Waals surface area contributed by atoms with Crippen LogP contribution in [0.5, 0.6) is 5.75 Å². The first-order chi connectivity index (χ1) is 25.2. The Morgan fingerprint density at radius 3 is 1.65 bits per heavy atom. The Hall–Kier alpha value is -2.55. The van der Waals surface area contributed by atoms with Crippen LogP contribution in [0.1, 0.15) is 32.3 Å². The second-order valence-electron chi connectivity index (χ2n) is 13.9. The van der Waals surface area contributed by atoms with Crippen molar-refractivity contribution in [2.75, 3.05) is 98.8 Å². The van der Waals surface area contributed by atoms with E-state index in [9.17, 15) is 17.2 Å². The third-order valence-corrected chi connectivity index (χ3v) is 14.5. The van der Waals surface area contributed by atoms with Gasteiger partial charge in [0.15, 0.2) is 0 Å². The summed E-state index contributed by atoms with van der Waals surface area (Å²) >= 11 is 3.82. The van der Waals surface area contributed by atoms with Gasteiger partial charge in [-0.1, -0.05) is 44.2 Å². The molecule has 8 nitrogen and oxygen atoms in total. The number of ether oxygens (including phenoxy) is 1. The van der Waals surface area contributed by atoms with E-state index in [1.165, 1.54) is 12.1 Å². The predicted octanol–water partition coefficient (Wildman–Crippen LogP) is 6.17. The molecule has 0 spiro atoms. The van der Waals surface area contributed by atoms with Crippen molar-refractivity contribution in [2.45, 2.75) is 49.1 Å². The molecular weight excluding hydrogens is 721 g/mol. The molecule has 0 amide bonds. The highest BCUT2D eigenvalue weighted by Gasteiger charge is 2.48. The standard InChI is InChI=1S/C39H53F2N5O3S3/c1-4-50-27-30(43-17-21-45(22-18-43)34-13-8-6-11-32(34)40)25-39(29-42-52(47,48)37-16-10-15-36(49-3)38(37)39)26-31(28-51-5-2)44-19-23-46(24-20-44)35-14-9-7-12-33(35)41/h6-16,30-31,42H,4-5,17-29H2,1-3H3. The molecule has 0 aliphatic carbocycles. The quantitative estimate of drug-likeness (QED) is 0.196. The molecule has 3 aliphatic rings. The molecule has 52 heavy (non-hydrogen) atoms. The predicted molar refractivity (Wildman–Crippen MR) is 213 cm³/mol. The van der Waals surface area contributed by atoms with Gasteiger partial charge >= 0.3 is 0 Å². The number of rotatable bonds is 15. The molecule has 6 rings (SSSR count). The molecule has 3 aliphatic heterocycles. The highest BCUT2D eigenvalue weighted by molar-refractivity contribution is 7.99. The maximum atomic E-state index is 14.8. The van der Waals surface area contributed by atoms with E-state index in [-0.39, 0.29) is 30.3 Å². The summed E-state index contributed by atoms with van der Waals surface area (Å²) in [7, 11) is -2.10. The summed E-state index contributed by atoms with van der Waals surface area (Å²) in [6.45, 7) is 10.7. The van der Waals surface area contributed by atoms with Gasteiger partial charge in [-0.25, -0.2) is 21.9 Å². The van der Waals surface area contributed by atoms with Crippen LogP contribution in [0.2, 0.25) is 0 Å². The van der Waals surface area contributed by atoms with Crippen LogP contribution in [0.3, 0.4) is 0 Å². The Labute approximate surface area is 317 Å². The van der Waals surface area contributed by atoms with E-state index in [1.807, 2.05) is 53.9 Å². The molecule has 1 N–H and O–H groups in total. The minimum atomic E-state index is -3.74. The van der Waals surface area contributed by atoms with Crippen LogP contribution in [-0.4, -0.2) is 119 Å². The Bertz CT molecular complexity index is 1660. The molecule has 284 valence electrons. The summed E-state index contributed by atoms with van der Waals surface area (Å²) in [5.41, 5.74) is 1.51. The molecular formula is C39H53F2N5O3S3. The van der Waals surface area contributed by atoms with Gasteiger partial charge in [0.05, 0.1) is 23.4 Å². The minimum absolute atomic E-state index is 0.158. The lowest BCUT2D eigenvalue weighted by molar-refractivity contribution is 0.122. The topological polar surface area (TPSA) is 68.4 Å². The van der Waals surface area contributed by atoms with Crippen LogP contribution in [0.4, 0.5) is 20.2 Å². The fourth-order valence-corrected chi connectivity index (χ4v) is 11.5. The van der Waals surface area contributed by atoms with Crippen LogP contribution >= 0.6 is 23.5 Å². The lowest BCUT2D eigenvalue weighted by Crippen LogP contribution is -2.58. The number of halogens is 2. The summed E-state index contributed by atoms with van der Waals surface area (Å²) < 4.78 is 65.9. The fraction of sp³-hybridized carbons (Fsp3) is 0.538. The van der Waals surface area contributed by atoms with Crippen molar-refractivity contribution in [3.8, 4) is 5.75 Å². The number of anilines is 2. The molecule has 2 unspecified atom stereocenters. The second-order valence-corrected chi connectivity index (χ2v) is 18.3. The average Bonchev–Trinajstić information content (AvgIpc) is 3.17. The molecule has 3 aromatic rings. The van der Waals surface area contributed by atoms with Gasteiger partial charge in [-0.2, -0.15) is 23.5 Å². The molecule has 0 radical (unpaired) electrons. The van der Waals surface area contributed by atoms with Crippen LogP contribution < -0.4 is 19.3 Å². The SMILES string of the molecule is CCSCC(CC1(CC(CSCC)N2CCN(c3ccccc3F)CC2)CNS(=O)(=O)c2cccc(OC)c21)N1CCN(c2ccccc2F)CC1.